The normalized spacial score (nSPS) is 10.4. The van der Waals surface area contributed by atoms with Crippen molar-refractivity contribution in [2.24, 2.45) is 0 Å². The maximum absolute atomic E-state index is 11.3. The number of nitrogens with one attached hydrogen (secondary N) is 2. The van der Waals surface area contributed by atoms with Gasteiger partial charge in [-0.2, -0.15) is 0 Å². The maximum Gasteiger partial charge on any atom is 0.233 e. The monoisotopic (exact) mass is 224 g/mol. The van der Waals surface area contributed by atoms with Gasteiger partial charge in [0.05, 0.1) is 18.6 Å². The van der Waals surface area contributed by atoms with Gasteiger partial charge in [-0.1, -0.05) is 6.92 Å². The predicted molar refractivity (Wildman–Crippen MR) is 62.9 cm³/mol. The highest BCUT2D eigenvalue weighted by atomic mass is 16.1. The minimum atomic E-state index is 0.0458. The lowest BCUT2D eigenvalue weighted by Gasteiger charge is -2.07. The Balaban J connectivity index is 2.22. The van der Waals surface area contributed by atoms with Crippen LogP contribution in [0.5, 0.6) is 0 Å². The molecule has 1 amide bonds. The van der Waals surface area contributed by atoms with Crippen molar-refractivity contribution in [3.63, 3.8) is 0 Å². The molecular weight excluding hydrogens is 204 g/mol. The van der Waals surface area contributed by atoms with Crippen LogP contribution in [0, 0.1) is 0 Å². The number of aromatic nitrogens is 2. The second-order valence-electron chi connectivity index (χ2n) is 3.62. The molecule has 0 aliphatic rings. The zero-order valence-electron chi connectivity index (χ0n) is 9.99. The largest absolute Gasteiger partial charge is 0.355 e. The zero-order chi connectivity index (χ0) is 11.8. The van der Waals surface area contributed by atoms with Crippen LogP contribution in [0.15, 0.2) is 12.5 Å². The van der Waals surface area contributed by atoms with Crippen LogP contribution < -0.4 is 10.6 Å². The van der Waals surface area contributed by atoms with Gasteiger partial charge in [0, 0.05) is 25.8 Å². The summed E-state index contributed by atoms with van der Waals surface area (Å²) in [5, 5.41) is 5.92. The van der Waals surface area contributed by atoms with Gasteiger partial charge in [-0.25, -0.2) is 4.98 Å². The van der Waals surface area contributed by atoms with Gasteiger partial charge in [0.25, 0.3) is 0 Å². The van der Waals surface area contributed by atoms with Crippen molar-refractivity contribution < 1.29 is 4.79 Å². The van der Waals surface area contributed by atoms with Crippen molar-refractivity contribution in [2.75, 3.05) is 13.1 Å². The first-order valence-corrected chi connectivity index (χ1v) is 5.74. The van der Waals surface area contributed by atoms with Gasteiger partial charge < -0.3 is 15.2 Å². The van der Waals surface area contributed by atoms with E-state index in [2.05, 4.69) is 27.1 Å². The Hall–Kier alpha value is -1.36. The summed E-state index contributed by atoms with van der Waals surface area (Å²) in [6.07, 6.45) is 4.59. The van der Waals surface area contributed by atoms with Crippen LogP contribution in [0.1, 0.15) is 26.0 Å². The molecule has 90 valence electrons. The number of imidazole rings is 1. The Kier molecular flexibility index (Phi) is 5.56. The Bertz CT molecular complexity index is 322. The van der Waals surface area contributed by atoms with Gasteiger partial charge in [0.1, 0.15) is 0 Å². The van der Waals surface area contributed by atoms with E-state index in [9.17, 15) is 4.79 Å². The molecule has 0 aliphatic heterocycles. The Morgan fingerprint density at radius 3 is 3.00 bits per heavy atom. The topological polar surface area (TPSA) is 59.0 Å². The second kappa shape index (κ2) is 7.00. The van der Waals surface area contributed by atoms with Crippen LogP contribution in [0.3, 0.4) is 0 Å². The minimum Gasteiger partial charge on any atom is -0.355 e. The summed E-state index contributed by atoms with van der Waals surface area (Å²) in [6, 6.07) is 0. The van der Waals surface area contributed by atoms with Crippen molar-refractivity contribution in [2.45, 2.75) is 33.4 Å². The second-order valence-corrected chi connectivity index (χ2v) is 3.62. The SMILES string of the molecule is CCCNC(=O)CNCc1cncn1CC. The molecule has 0 fully saturated rings. The molecule has 0 spiro atoms. The lowest BCUT2D eigenvalue weighted by Crippen LogP contribution is -2.34. The molecule has 0 saturated carbocycles. The highest BCUT2D eigenvalue weighted by Crippen LogP contribution is 1.97. The fourth-order valence-electron chi connectivity index (χ4n) is 1.41. The molecule has 5 nitrogen and oxygen atoms in total. The summed E-state index contributed by atoms with van der Waals surface area (Å²) >= 11 is 0. The Morgan fingerprint density at radius 1 is 1.50 bits per heavy atom. The van der Waals surface area contributed by atoms with Crippen LogP contribution in [0.25, 0.3) is 0 Å². The molecular formula is C11H20N4O. The van der Waals surface area contributed by atoms with Crippen molar-refractivity contribution in [1.82, 2.24) is 20.2 Å². The molecule has 0 radical (unpaired) electrons. The van der Waals surface area contributed by atoms with E-state index in [4.69, 9.17) is 0 Å². The fraction of sp³-hybridized carbons (Fsp3) is 0.636. The van der Waals surface area contributed by atoms with E-state index in [1.54, 1.807) is 6.33 Å². The molecule has 1 heterocycles. The molecule has 0 aromatic carbocycles. The third kappa shape index (κ3) is 4.02. The number of hydrogen-bond donors (Lipinski definition) is 2. The van der Waals surface area contributed by atoms with E-state index < -0.39 is 0 Å². The molecule has 1 rings (SSSR count). The highest BCUT2D eigenvalue weighted by Gasteiger charge is 2.02. The average molecular weight is 224 g/mol. The van der Waals surface area contributed by atoms with Crippen LogP contribution in [-0.4, -0.2) is 28.5 Å². The van der Waals surface area contributed by atoms with Crippen LogP contribution >= 0.6 is 0 Å². The lowest BCUT2D eigenvalue weighted by atomic mass is 10.4. The first kappa shape index (κ1) is 12.7. The van der Waals surface area contributed by atoms with Crippen LogP contribution in [0.2, 0.25) is 0 Å². The average Bonchev–Trinajstić information content (AvgIpc) is 2.74. The van der Waals surface area contributed by atoms with Gasteiger partial charge in [0.15, 0.2) is 0 Å². The van der Waals surface area contributed by atoms with E-state index in [0.29, 0.717) is 13.1 Å². The molecule has 5 heteroatoms. The van der Waals surface area contributed by atoms with Crippen molar-refractivity contribution in [1.29, 1.82) is 0 Å². The zero-order valence-corrected chi connectivity index (χ0v) is 9.99. The summed E-state index contributed by atoms with van der Waals surface area (Å²) in [5.41, 5.74) is 1.10. The fourth-order valence-corrected chi connectivity index (χ4v) is 1.41. The standard InChI is InChI=1S/C11H20N4O/c1-3-5-14-11(16)8-12-6-10-7-13-9-15(10)4-2/h7,9,12H,3-6,8H2,1-2H3,(H,14,16). The van der Waals surface area contributed by atoms with Gasteiger partial charge in [0.2, 0.25) is 5.91 Å². The molecule has 0 atom stereocenters. The Morgan fingerprint density at radius 2 is 2.31 bits per heavy atom. The molecule has 0 saturated heterocycles. The van der Waals surface area contributed by atoms with E-state index in [-0.39, 0.29) is 5.91 Å². The molecule has 1 aromatic rings. The predicted octanol–water partition coefficient (Wildman–Crippen LogP) is 0.519. The highest BCUT2D eigenvalue weighted by molar-refractivity contribution is 5.77. The Labute approximate surface area is 96.3 Å². The van der Waals surface area contributed by atoms with Crippen molar-refractivity contribution in [3.8, 4) is 0 Å². The van der Waals surface area contributed by atoms with Gasteiger partial charge >= 0.3 is 0 Å². The van der Waals surface area contributed by atoms with E-state index in [1.807, 2.05) is 13.1 Å². The van der Waals surface area contributed by atoms with Crippen molar-refractivity contribution in [3.05, 3.63) is 18.2 Å². The summed E-state index contributed by atoms with van der Waals surface area (Å²) in [7, 11) is 0. The first-order valence-electron chi connectivity index (χ1n) is 5.74. The third-order valence-electron chi connectivity index (χ3n) is 2.30. The van der Waals surface area contributed by atoms with Crippen LogP contribution in [0.4, 0.5) is 0 Å². The quantitative estimate of drug-likeness (QED) is 0.710. The van der Waals surface area contributed by atoms with Crippen LogP contribution in [-0.2, 0) is 17.9 Å². The maximum atomic E-state index is 11.3. The molecule has 0 bridgehead atoms. The van der Waals surface area contributed by atoms with E-state index >= 15 is 0 Å². The number of aryl methyl sites for hydroxylation is 1. The van der Waals surface area contributed by atoms with Gasteiger partial charge in [-0.15, -0.1) is 0 Å². The molecule has 2 N–H and O–H groups in total. The van der Waals surface area contributed by atoms with Gasteiger partial charge in [-0.05, 0) is 13.3 Å². The summed E-state index contributed by atoms with van der Waals surface area (Å²) in [4.78, 5) is 15.4. The molecule has 16 heavy (non-hydrogen) atoms. The summed E-state index contributed by atoms with van der Waals surface area (Å²) in [5.74, 6) is 0.0458. The first-order chi connectivity index (χ1) is 7.77. The minimum absolute atomic E-state index is 0.0458. The number of amides is 1. The molecule has 0 unspecified atom stereocenters. The molecule has 1 aromatic heterocycles. The summed E-state index contributed by atoms with van der Waals surface area (Å²) in [6.45, 7) is 6.78. The number of carbonyl (C=O) groups excluding carboxylic acids is 1. The van der Waals surface area contributed by atoms with Crippen molar-refractivity contribution >= 4 is 5.91 Å². The number of carbonyl (C=O) groups is 1. The number of nitrogens with zero attached hydrogens (tertiary/aromatic N) is 2. The van der Waals surface area contributed by atoms with E-state index in [0.717, 1.165) is 25.2 Å². The third-order valence-corrected chi connectivity index (χ3v) is 2.30. The number of hydrogen-bond acceptors (Lipinski definition) is 3. The lowest BCUT2D eigenvalue weighted by molar-refractivity contribution is -0.120. The summed E-state index contributed by atoms with van der Waals surface area (Å²) < 4.78 is 2.05. The molecule has 0 aliphatic carbocycles. The number of rotatable bonds is 7. The smallest absolute Gasteiger partial charge is 0.233 e. The van der Waals surface area contributed by atoms with E-state index in [1.165, 1.54) is 0 Å². The van der Waals surface area contributed by atoms with Gasteiger partial charge in [-0.3, -0.25) is 4.79 Å².